The number of anilines is 2. The summed E-state index contributed by atoms with van der Waals surface area (Å²) in [6, 6.07) is 9.94. The number of nitrogen functional groups attached to an aromatic ring is 1. The summed E-state index contributed by atoms with van der Waals surface area (Å²) in [5, 5.41) is 2.77. The number of hydrogen-bond acceptors (Lipinski definition) is 3. The third-order valence-corrected chi connectivity index (χ3v) is 3.31. The van der Waals surface area contributed by atoms with E-state index in [0.29, 0.717) is 29.9 Å². The minimum absolute atomic E-state index is 0.113. The first-order valence-corrected chi connectivity index (χ1v) is 6.82. The topological polar surface area (TPSA) is 68.0 Å². The molecule has 0 radical (unpaired) electrons. The lowest BCUT2D eigenvalue weighted by atomic mass is 10.00. The van der Waals surface area contributed by atoms with Crippen LogP contribution in [0.1, 0.15) is 18.9 Å². The second-order valence-electron chi connectivity index (χ2n) is 4.99. The summed E-state index contributed by atoms with van der Waals surface area (Å²) in [5.74, 6) is -0.159. The Balaban J connectivity index is 1.88. The summed E-state index contributed by atoms with van der Waals surface area (Å²) >= 11 is 0. The number of rotatable bonds is 5. The molecule has 1 unspecified atom stereocenters. The lowest BCUT2D eigenvalue weighted by molar-refractivity contribution is -0.119. The van der Waals surface area contributed by atoms with Crippen LogP contribution in [0, 0.1) is 11.7 Å². The molecule has 0 saturated heterocycles. The van der Waals surface area contributed by atoms with Crippen molar-refractivity contribution in [2.75, 3.05) is 11.1 Å². The number of carbonyl (C=O) groups excluding carboxylic acids is 1. The Bertz CT molecular complexity index is 613. The van der Waals surface area contributed by atoms with Crippen LogP contribution in [0.2, 0.25) is 0 Å². The lowest BCUT2D eigenvalue weighted by Crippen LogP contribution is -2.21. The van der Waals surface area contributed by atoms with Gasteiger partial charge >= 0.3 is 0 Å². The molecule has 1 aromatic carbocycles. The van der Waals surface area contributed by atoms with Crippen molar-refractivity contribution in [2.24, 2.45) is 5.92 Å². The maximum atomic E-state index is 13.5. The van der Waals surface area contributed by atoms with E-state index in [-0.39, 0.29) is 17.6 Å². The van der Waals surface area contributed by atoms with Gasteiger partial charge in [-0.3, -0.25) is 4.79 Å². The van der Waals surface area contributed by atoms with Gasteiger partial charge in [0.25, 0.3) is 0 Å². The fourth-order valence-corrected chi connectivity index (χ4v) is 1.95. The molecule has 1 amide bonds. The molecular formula is C16H18FN3O. The molecule has 3 N–H and O–H groups in total. The van der Waals surface area contributed by atoms with E-state index >= 15 is 0 Å². The van der Waals surface area contributed by atoms with Crippen molar-refractivity contribution in [3.63, 3.8) is 0 Å². The number of halogens is 1. The van der Waals surface area contributed by atoms with Crippen LogP contribution in [-0.2, 0) is 11.2 Å². The zero-order valence-electron chi connectivity index (χ0n) is 11.8. The molecule has 1 atom stereocenters. The van der Waals surface area contributed by atoms with E-state index in [4.69, 9.17) is 5.73 Å². The number of amides is 1. The molecule has 4 nitrogen and oxygen atoms in total. The third-order valence-electron chi connectivity index (χ3n) is 3.31. The minimum Gasteiger partial charge on any atom is -0.384 e. The van der Waals surface area contributed by atoms with Crippen LogP contribution >= 0.6 is 0 Å². The Morgan fingerprint density at radius 1 is 1.33 bits per heavy atom. The molecule has 0 aliphatic rings. The lowest BCUT2D eigenvalue weighted by Gasteiger charge is -2.12. The van der Waals surface area contributed by atoms with Crippen molar-refractivity contribution in [1.82, 2.24) is 4.98 Å². The molecule has 0 bridgehead atoms. The molecule has 2 aromatic rings. The average Bonchev–Trinajstić information content (AvgIpc) is 2.48. The van der Waals surface area contributed by atoms with E-state index in [1.165, 1.54) is 12.3 Å². The van der Waals surface area contributed by atoms with Gasteiger partial charge in [-0.2, -0.15) is 0 Å². The van der Waals surface area contributed by atoms with Crippen molar-refractivity contribution in [1.29, 1.82) is 0 Å². The van der Waals surface area contributed by atoms with Crippen molar-refractivity contribution < 1.29 is 9.18 Å². The highest BCUT2D eigenvalue weighted by Gasteiger charge is 2.14. The summed E-state index contributed by atoms with van der Waals surface area (Å²) < 4.78 is 13.5. The fraction of sp³-hybridized carbons (Fsp3) is 0.250. The Labute approximate surface area is 123 Å². The van der Waals surface area contributed by atoms with Gasteiger partial charge in [0.05, 0.1) is 11.9 Å². The van der Waals surface area contributed by atoms with Crippen LogP contribution < -0.4 is 11.1 Å². The Morgan fingerprint density at radius 3 is 2.76 bits per heavy atom. The molecule has 0 fully saturated rings. The van der Waals surface area contributed by atoms with Crippen LogP contribution in [0.3, 0.4) is 0 Å². The summed E-state index contributed by atoms with van der Waals surface area (Å²) in [5.41, 5.74) is 6.72. The Morgan fingerprint density at radius 2 is 2.10 bits per heavy atom. The molecule has 0 aliphatic carbocycles. The highest BCUT2D eigenvalue weighted by molar-refractivity contribution is 5.92. The van der Waals surface area contributed by atoms with E-state index < -0.39 is 0 Å². The van der Waals surface area contributed by atoms with Crippen LogP contribution in [0.15, 0.2) is 42.6 Å². The number of aryl methyl sites for hydroxylation is 1. The van der Waals surface area contributed by atoms with Gasteiger partial charge in [0.1, 0.15) is 11.6 Å². The maximum Gasteiger partial charge on any atom is 0.227 e. The number of carbonyl (C=O) groups is 1. The molecule has 0 spiro atoms. The Hall–Kier alpha value is -2.43. The summed E-state index contributed by atoms with van der Waals surface area (Å²) in [7, 11) is 0. The highest BCUT2D eigenvalue weighted by Crippen LogP contribution is 2.15. The SMILES string of the molecule is CC(CCc1ccccc1F)C(=O)Nc1ccc(N)nc1. The molecule has 21 heavy (non-hydrogen) atoms. The van der Waals surface area contributed by atoms with E-state index in [0.717, 1.165) is 0 Å². The molecule has 1 heterocycles. The van der Waals surface area contributed by atoms with Gasteiger partial charge in [-0.25, -0.2) is 9.37 Å². The number of pyridine rings is 1. The number of nitrogens with two attached hydrogens (primary N) is 1. The maximum absolute atomic E-state index is 13.5. The standard InChI is InChI=1S/C16H18FN3O/c1-11(6-7-12-4-2-3-5-14(12)17)16(21)20-13-8-9-15(18)19-10-13/h2-5,8-11H,6-7H2,1H3,(H2,18,19)(H,20,21). The van der Waals surface area contributed by atoms with Gasteiger partial charge in [-0.1, -0.05) is 25.1 Å². The second kappa shape index (κ2) is 6.83. The van der Waals surface area contributed by atoms with Crippen molar-refractivity contribution in [3.05, 3.63) is 54.0 Å². The second-order valence-corrected chi connectivity index (χ2v) is 4.99. The number of nitrogens with one attached hydrogen (secondary N) is 1. The predicted molar refractivity (Wildman–Crippen MR) is 81.2 cm³/mol. The first-order valence-electron chi connectivity index (χ1n) is 6.82. The van der Waals surface area contributed by atoms with Crippen molar-refractivity contribution in [2.45, 2.75) is 19.8 Å². The normalized spacial score (nSPS) is 11.9. The van der Waals surface area contributed by atoms with Crippen LogP contribution in [0.4, 0.5) is 15.9 Å². The van der Waals surface area contributed by atoms with Gasteiger partial charge in [0.15, 0.2) is 0 Å². The van der Waals surface area contributed by atoms with Gasteiger partial charge in [0, 0.05) is 5.92 Å². The summed E-state index contributed by atoms with van der Waals surface area (Å²) in [4.78, 5) is 15.9. The average molecular weight is 287 g/mol. The smallest absolute Gasteiger partial charge is 0.227 e. The number of aromatic nitrogens is 1. The predicted octanol–water partition coefficient (Wildman–Crippen LogP) is 3.01. The number of benzene rings is 1. The molecule has 1 aromatic heterocycles. The van der Waals surface area contributed by atoms with Gasteiger partial charge in [0.2, 0.25) is 5.91 Å². The van der Waals surface area contributed by atoms with E-state index in [2.05, 4.69) is 10.3 Å². The van der Waals surface area contributed by atoms with E-state index in [9.17, 15) is 9.18 Å². The minimum atomic E-state index is -0.229. The third kappa shape index (κ3) is 4.27. The Kier molecular flexibility index (Phi) is 4.87. The molecule has 110 valence electrons. The van der Waals surface area contributed by atoms with Gasteiger partial charge < -0.3 is 11.1 Å². The molecular weight excluding hydrogens is 269 g/mol. The van der Waals surface area contributed by atoms with Gasteiger partial charge in [-0.15, -0.1) is 0 Å². The first kappa shape index (κ1) is 15.0. The molecule has 0 saturated carbocycles. The quantitative estimate of drug-likeness (QED) is 0.888. The van der Waals surface area contributed by atoms with E-state index in [1.54, 1.807) is 30.3 Å². The highest BCUT2D eigenvalue weighted by atomic mass is 19.1. The van der Waals surface area contributed by atoms with Gasteiger partial charge in [-0.05, 0) is 36.6 Å². The number of nitrogens with zero attached hydrogens (tertiary/aromatic N) is 1. The van der Waals surface area contributed by atoms with Crippen LogP contribution in [-0.4, -0.2) is 10.9 Å². The van der Waals surface area contributed by atoms with Crippen molar-refractivity contribution >= 4 is 17.4 Å². The summed E-state index contributed by atoms with van der Waals surface area (Å²) in [6.45, 7) is 1.82. The van der Waals surface area contributed by atoms with Crippen molar-refractivity contribution in [3.8, 4) is 0 Å². The molecule has 0 aliphatic heterocycles. The first-order chi connectivity index (χ1) is 10.1. The van der Waals surface area contributed by atoms with Crippen LogP contribution in [0.5, 0.6) is 0 Å². The van der Waals surface area contributed by atoms with Crippen LogP contribution in [0.25, 0.3) is 0 Å². The molecule has 2 rings (SSSR count). The monoisotopic (exact) mass is 287 g/mol. The fourth-order valence-electron chi connectivity index (χ4n) is 1.95. The molecule has 5 heteroatoms. The number of hydrogen-bond donors (Lipinski definition) is 2. The van der Waals surface area contributed by atoms with E-state index in [1.807, 2.05) is 6.92 Å². The zero-order chi connectivity index (χ0) is 15.2. The summed E-state index contributed by atoms with van der Waals surface area (Å²) in [6.07, 6.45) is 2.62. The zero-order valence-corrected chi connectivity index (χ0v) is 11.8. The largest absolute Gasteiger partial charge is 0.384 e.